The van der Waals surface area contributed by atoms with E-state index in [1.807, 2.05) is 54.6 Å². The van der Waals surface area contributed by atoms with Gasteiger partial charge in [0.15, 0.2) is 11.5 Å². The van der Waals surface area contributed by atoms with E-state index in [2.05, 4.69) is 23.2 Å². The van der Waals surface area contributed by atoms with Gasteiger partial charge in [0, 0.05) is 11.4 Å². The molecule has 0 bridgehead atoms. The quantitative estimate of drug-likeness (QED) is 0.557. The monoisotopic (exact) mass is 392 g/mol. The van der Waals surface area contributed by atoms with Gasteiger partial charge in [0.1, 0.15) is 0 Å². The van der Waals surface area contributed by atoms with Crippen LogP contribution < -0.4 is 14.5 Å². The molecular formula is C23H21ClN2O2. The van der Waals surface area contributed by atoms with Gasteiger partial charge in [-0.15, -0.1) is 0 Å². The second-order valence-electron chi connectivity index (χ2n) is 6.57. The van der Waals surface area contributed by atoms with E-state index in [4.69, 9.17) is 26.2 Å². The summed E-state index contributed by atoms with van der Waals surface area (Å²) >= 11 is 6.05. The van der Waals surface area contributed by atoms with E-state index in [9.17, 15) is 0 Å². The molecule has 28 heavy (non-hydrogen) atoms. The molecule has 0 radical (unpaired) electrons. The van der Waals surface area contributed by atoms with Crippen LogP contribution in [0.2, 0.25) is 5.02 Å². The molecule has 5 heteroatoms. The smallest absolute Gasteiger partial charge is 0.161 e. The summed E-state index contributed by atoms with van der Waals surface area (Å²) in [6, 6.07) is 24.1. The Bertz CT molecular complexity index is 987. The van der Waals surface area contributed by atoms with Crippen molar-refractivity contribution < 1.29 is 9.47 Å². The van der Waals surface area contributed by atoms with Crippen molar-refractivity contribution in [3.8, 4) is 11.5 Å². The molecule has 0 saturated heterocycles. The van der Waals surface area contributed by atoms with Gasteiger partial charge in [0.05, 0.1) is 31.7 Å². The Morgan fingerprint density at radius 2 is 1.61 bits per heavy atom. The maximum absolute atomic E-state index is 6.05. The highest BCUT2D eigenvalue weighted by molar-refractivity contribution is 6.30. The van der Waals surface area contributed by atoms with Crippen molar-refractivity contribution in [3.63, 3.8) is 0 Å². The molecule has 0 amide bonds. The second-order valence-corrected chi connectivity index (χ2v) is 7.00. The van der Waals surface area contributed by atoms with Crippen LogP contribution in [0, 0.1) is 0 Å². The highest BCUT2D eigenvalue weighted by Gasteiger charge is 2.30. The zero-order valence-corrected chi connectivity index (χ0v) is 16.6. The Labute approximate surface area is 170 Å². The molecule has 3 aromatic carbocycles. The number of hydrogen-bond acceptors (Lipinski definition) is 4. The molecule has 0 fully saturated rings. The summed E-state index contributed by atoms with van der Waals surface area (Å²) < 4.78 is 10.9. The summed E-state index contributed by atoms with van der Waals surface area (Å²) in [6.07, 6.45) is 0.784. The molecule has 4 nitrogen and oxygen atoms in total. The topological polar surface area (TPSA) is 34.1 Å². The number of para-hydroxylation sites is 1. The number of anilines is 1. The first-order valence-corrected chi connectivity index (χ1v) is 9.47. The number of hydrazone groups is 1. The Kier molecular flexibility index (Phi) is 5.22. The Morgan fingerprint density at radius 1 is 0.893 bits per heavy atom. The summed E-state index contributed by atoms with van der Waals surface area (Å²) in [5.41, 5.74) is 4.27. The first-order chi connectivity index (χ1) is 13.7. The molecule has 1 aliphatic heterocycles. The Hall–Kier alpha value is -2.98. The van der Waals surface area contributed by atoms with E-state index in [1.54, 1.807) is 14.2 Å². The summed E-state index contributed by atoms with van der Waals surface area (Å²) in [6.45, 7) is 0. The third-order valence-electron chi connectivity index (χ3n) is 4.90. The van der Waals surface area contributed by atoms with Crippen LogP contribution in [0.3, 0.4) is 0 Å². The van der Waals surface area contributed by atoms with Crippen LogP contribution >= 0.6 is 11.6 Å². The van der Waals surface area contributed by atoms with E-state index < -0.39 is 0 Å². The van der Waals surface area contributed by atoms with Gasteiger partial charge in [-0.1, -0.05) is 48.0 Å². The molecule has 1 unspecified atom stereocenters. The van der Waals surface area contributed by atoms with Crippen LogP contribution in [0.15, 0.2) is 77.9 Å². The number of halogens is 1. The maximum atomic E-state index is 6.05. The fraction of sp³-hybridized carbons (Fsp3) is 0.174. The molecule has 0 spiro atoms. The lowest BCUT2D eigenvalue weighted by molar-refractivity contribution is 0.354. The number of nitrogens with zero attached hydrogens (tertiary/aromatic N) is 2. The van der Waals surface area contributed by atoms with Crippen molar-refractivity contribution in [1.82, 2.24) is 0 Å². The van der Waals surface area contributed by atoms with Gasteiger partial charge in [-0.2, -0.15) is 5.10 Å². The molecule has 1 heterocycles. The van der Waals surface area contributed by atoms with Crippen LogP contribution in [0.4, 0.5) is 5.69 Å². The largest absolute Gasteiger partial charge is 0.493 e. The predicted molar refractivity (Wildman–Crippen MR) is 114 cm³/mol. The highest BCUT2D eigenvalue weighted by Crippen LogP contribution is 2.39. The van der Waals surface area contributed by atoms with E-state index in [-0.39, 0.29) is 6.04 Å². The third-order valence-corrected chi connectivity index (χ3v) is 5.15. The fourth-order valence-corrected chi connectivity index (χ4v) is 3.59. The lowest BCUT2D eigenvalue weighted by atomic mass is 9.98. The van der Waals surface area contributed by atoms with Gasteiger partial charge in [-0.3, -0.25) is 5.01 Å². The Balaban J connectivity index is 1.74. The molecule has 0 N–H and O–H groups in total. The van der Waals surface area contributed by atoms with E-state index in [0.717, 1.165) is 34.0 Å². The van der Waals surface area contributed by atoms with E-state index >= 15 is 0 Å². The summed E-state index contributed by atoms with van der Waals surface area (Å²) in [4.78, 5) is 0. The summed E-state index contributed by atoms with van der Waals surface area (Å²) in [5, 5.41) is 7.74. The normalized spacial score (nSPS) is 16.0. The zero-order valence-electron chi connectivity index (χ0n) is 15.8. The van der Waals surface area contributed by atoms with Gasteiger partial charge in [-0.25, -0.2) is 0 Å². The zero-order chi connectivity index (χ0) is 19.5. The molecule has 1 aliphatic rings. The molecule has 0 aliphatic carbocycles. The average Bonchev–Trinajstić information content (AvgIpc) is 3.20. The first-order valence-electron chi connectivity index (χ1n) is 9.09. The third kappa shape index (κ3) is 3.56. The lowest BCUT2D eigenvalue weighted by Gasteiger charge is -2.24. The maximum Gasteiger partial charge on any atom is 0.161 e. The highest BCUT2D eigenvalue weighted by atomic mass is 35.5. The van der Waals surface area contributed by atoms with Crippen LogP contribution in [0.1, 0.15) is 23.6 Å². The molecule has 142 valence electrons. The molecule has 3 aromatic rings. The van der Waals surface area contributed by atoms with Crippen molar-refractivity contribution in [2.45, 2.75) is 12.5 Å². The van der Waals surface area contributed by atoms with Gasteiger partial charge in [-0.05, 0) is 47.5 Å². The number of methoxy groups -OCH3 is 2. The minimum Gasteiger partial charge on any atom is -0.493 e. The standard InChI is InChI=1S/C23H21ClN2O2/c1-27-22-13-10-17(14-23(22)28-2)21-15-20(16-8-11-18(24)12-9-16)25-26(21)19-6-4-3-5-7-19/h3-14,21H,15H2,1-2H3. The molecule has 4 rings (SSSR count). The van der Waals surface area contributed by atoms with Crippen LogP contribution in [-0.2, 0) is 0 Å². The molecular weight excluding hydrogens is 372 g/mol. The summed E-state index contributed by atoms with van der Waals surface area (Å²) in [7, 11) is 3.30. The minimum absolute atomic E-state index is 0.0629. The predicted octanol–water partition coefficient (Wildman–Crippen LogP) is 5.71. The van der Waals surface area contributed by atoms with E-state index in [1.165, 1.54) is 0 Å². The molecule has 0 saturated carbocycles. The second kappa shape index (κ2) is 7.95. The number of hydrogen-bond donors (Lipinski definition) is 0. The Morgan fingerprint density at radius 3 is 2.29 bits per heavy atom. The van der Waals surface area contributed by atoms with Crippen molar-refractivity contribution in [2.75, 3.05) is 19.2 Å². The van der Waals surface area contributed by atoms with Crippen LogP contribution in [-0.4, -0.2) is 19.9 Å². The number of benzene rings is 3. The van der Waals surface area contributed by atoms with Crippen molar-refractivity contribution in [2.24, 2.45) is 5.10 Å². The lowest BCUT2D eigenvalue weighted by Crippen LogP contribution is -2.18. The van der Waals surface area contributed by atoms with Gasteiger partial charge < -0.3 is 9.47 Å². The van der Waals surface area contributed by atoms with Gasteiger partial charge in [0.25, 0.3) is 0 Å². The fourth-order valence-electron chi connectivity index (χ4n) is 3.47. The first kappa shape index (κ1) is 18.4. The molecule has 0 aromatic heterocycles. The number of rotatable bonds is 5. The van der Waals surface area contributed by atoms with Gasteiger partial charge >= 0.3 is 0 Å². The van der Waals surface area contributed by atoms with Gasteiger partial charge in [0.2, 0.25) is 0 Å². The van der Waals surface area contributed by atoms with Crippen molar-refractivity contribution >= 4 is 23.0 Å². The number of ether oxygens (including phenoxy) is 2. The summed E-state index contributed by atoms with van der Waals surface area (Å²) in [5.74, 6) is 1.43. The van der Waals surface area contributed by atoms with E-state index in [0.29, 0.717) is 11.5 Å². The van der Waals surface area contributed by atoms with Crippen molar-refractivity contribution in [1.29, 1.82) is 0 Å². The van der Waals surface area contributed by atoms with Crippen molar-refractivity contribution in [3.05, 3.63) is 88.9 Å². The molecule has 1 atom stereocenters. The average molecular weight is 393 g/mol. The van der Waals surface area contributed by atoms with Crippen LogP contribution in [0.5, 0.6) is 11.5 Å². The van der Waals surface area contributed by atoms with Crippen LogP contribution in [0.25, 0.3) is 0 Å². The minimum atomic E-state index is 0.0629. The SMILES string of the molecule is COc1ccc(C2CC(c3ccc(Cl)cc3)=NN2c2ccccc2)cc1OC.